The second-order valence-corrected chi connectivity index (χ2v) is 7.47. The molecule has 3 rings (SSSR count). The fourth-order valence-corrected chi connectivity index (χ4v) is 3.47. The lowest BCUT2D eigenvalue weighted by Gasteiger charge is -2.10. The van der Waals surface area contributed by atoms with E-state index in [1.807, 2.05) is 30.3 Å². The summed E-state index contributed by atoms with van der Waals surface area (Å²) in [6.45, 7) is 2.14. The van der Waals surface area contributed by atoms with E-state index in [2.05, 4.69) is 15.0 Å². The fourth-order valence-electron chi connectivity index (χ4n) is 2.35. The predicted molar refractivity (Wildman–Crippen MR) is 100.0 cm³/mol. The van der Waals surface area contributed by atoms with Gasteiger partial charge in [-0.25, -0.2) is 17.8 Å². The first-order valence-electron chi connectivity index (χ1n) is 7.97. The zero-order chi connectivity index (χ0) is 18.6. The number of aromatic nitrogens is 1. The molecule has 0 unspecified atom stereocenters. The Morgan fingerprint density at radius 1 is 1.04 bits per heavy atom. The molecule has 0 aliphatic carbocycles. The molecule has 26 heavy (non-hydrogen) atoms. The molecule has 3 aromatic rings. The molecule has 0 atom stereocenters. The highest BCUT2D eigenvalue weighted by Gasteiger charge is 2.15. The van der Waals surface area contributed by atoms with Gasteiger partial charge in [0.05, 0.1) is 16.8 Å². The summed E-state index contributed by atoms with van der Waals surface area (Å²) < 4.78 is 40.5. The fraction of sp³-hybridized carbons (Fsp3) is 0.105. The predicted octanol–water partition coefficient (Wildman–Crippen LogP) is 3.94. The van der Waals surface area contributed by atoms with Gasteiger partial charge >= 0.3 is 0 Å². The molecular weight excluding hydrogens is 353 g/mol. The molecule has 0 aliphatic rings. The van der Waals surface area contributed by atoms with Crippen molar-refractivity contribution >= 4 is 21.5 Å². The Kier molecular flexibility index (Phi) is 5.18. The lowest BCUT2D eigenvalue weighted by atomic mass is 10.2. The molecule has 0 radical (unpaired) electrons. The topological polar surface area (TPSA) is 71.1 Å². The highest BCUT2D eigenvalue weighted by molar-refractivity contribution is 7.92. The summed E-state index contributed by atoms with van der Waals surface area (Å²) in [5.41, 5.74) is 1.72. The summed E-state index contributed by atoms with van der Waals surface area (Å²) in [7, 11) is -3.80. The number of hydrogen-bond acceptors (Lipinski definition) is 4. The van der Waals surface area contributed by atoms with Gasteiger partial charge in [0.15, 0.2) is 0 Å². The van der Waals surface area contributed by atoms with Crippen molar-refractivity contribution in [3.8, 4) is 0 Å². The van der Waals surface area contributed by atoms with Gasteiger partial charge in [-0.2, -0.15) is 0 Å². The summed E-state index contributed by atoms with van der Waals surface area (Å²) in [6, 6.07) is 16.8. The van der Waals surface area contributed by atoms with Crippen LogP contribution in [0.2, 0.25) is 0 Å². The van der Waals surface area contributed by atoms with Crippen LogP contribution in [-0.2, 0) is 16.6 Å². The second-order valence-electron chi connectivity index (χ2n) is 5.79. The molecule has 1 heterocycles. The minimum atomic E-state index is -3.80. The third-order valence-electron chi connectivity index (χ3n) is 3.77. The quantitative estimate of drug-likeness (QED) is 0.688. The Hall–Kier alpha value is -2.93. The molecule has 0 bridgehead atoms. The summed E-state index contributed by atoms with van der Waals surface area (Å²) in [4.78, 5) is 4.21. The number of nitrogens with zero attached hydrogens (tertiary/aromatic N) is 1. The summed E-state index contributed by atoms with van der Waals surface area (Å²) in [6.07, 6.45) is 1.43. The molecule has 0 saturated heterocycles. The first-order valence-corrected chi connectivity index (χ1v) is 9.45. The maximum atomic E-state index is 13.3. The SMILES string of the molecule is Cc1cc(S(=O)(=O)Nc2ccc(NCc3ccccc3)nc2)ccc1F. The smallest absolute Gasteiger partial charge is 0.261 e. The van der Waals surface area contributed by atoms with Crippen LogP contribution >= 0.6 is 0 Å². The molecule has 0 spiro atoms. The molecule has 2 N–H and O–H groups in total. The first-order chi connectivity index (χ1) is 12.4. The van der Waals surface area contributed by atoms with Crippen LogP contribution in [0.25, 0.3) is 0 Å². The standard InChI is InChI=1S/C19H18FN3O2S/c1-14-11-17(8-9-18(14)20)26(24,25)23-16-7-10-19(22-13-16)21-12-15-5-3-2-4-6-15/h2-11,13,23H,12H2,1H3,(H,21,22). The van der Waals surface area contributed by atoms with E-state index in [0.29, 0.717) is 18.1 Å². The van der Waals surface area contributed by atoms with E-state index >= 15 is 0 Å². The molecule has 5 nitrogen and oxygen atoms in total. The minimum Gasteiger partial charge on any atom is -0.366 e. The van der Waals surface area contributed by atoms with E-state index in [-0.39, 0.29) is 10.5 Å². The molecule has 134 valence electrons. The van der Waals surface area contributed by atoms with Crippen LogP contribution < -0.4 is 10.0 Å². The van der Waals surface area contributed by atoms with Crippen LogP contribution in [0.1, 0.15) is 11.1 Å². The van der Waals surface area contributed by atoms with Crippen molar-refractivity contribution < 1.29 is 12.8 Å². The molecule has 2 aromatic carbocycles. The maximum Gasteiger partial charge on any atom is 0.261 e. The van der Waals surface area contributed by atoms with Crippen LogP contribution in [0.3, 0.4) is 0 Å². The summed E-state index contributed by atoms with van der Waals surface area (Å²) >= 11 is 0. The number of aryl methyl sites for hydroxylation is 1. The van der Waals surface area contributed by atoms with Crippen molar-refractivity contribution in [2.45, 2.75) is 18.4 Å². The molecule has 0 aliphatic heterocycles. The summed E-state index contributed by atoms with van der Waals surface area (Å²) in [5.74, 6) is 0.189. The molecule has 0 amide bonds. The van der Waals surface area contributed by atoms with Crippen molar-refractivity contribution in [2.75, 3.05) is 10.0 Å². The van der Waals surface area contributed by atoms with Gasteiger partial charge in [-0.3, -0.25) is 4.72 Å². The van der Waals surface area contributed by atoms with Gasteiger partial charge in [-0.05, 0) is 48.4 Å². The molecule has 7 heteroatoms. The van der Waals surface area contributed by atoms with Gasteiger partial charge in [0.1, 0.15) is 11.6 Å². The van der Waals surface area contributed by atoms with Crippen LogP contribution in [0.4, 0.5) is 15.9 Å². The zero-order valence-corrected chi connectivity index (χ0v) is 14.9. The van der Waals surface area contributed by atoms with Crippen LogP contribution in [0.15, 0.2) is 71.8 Å². The molecule has 0 fully saturated rings. The number of nitrogens with one attached hydrogen (secondary N) is 2. The molecular formula is C19H18FN3O2S. The van der Waals surface area contributed by atoms with E-state index < -0.39 is 15.8 Å². The Morgan fingerprint density at radius 2 is 1.81 bits per heavy atom. The largest absolute Gasteiger partial charge is 0.366 e. The van der Waals surface area contributed by atoms with Crippen molar-refractivity contribution in [2.24, 2.45) is 0 Å². The van der Waals surface area contributed by atoms with Crippen molar-refractivity contribution in [3.63, 3.8) is 0 Å². The van der Waals surface area contributed by atoms with Crippen LogP contribution in [0.5, 0.6) is 0 Å². The Labute approximate surface area is 152 Å². The average molecular weight is 371 g/mol. The number of halogens is 1. The highest BCUT2D eigenvalue weighted by atomic mass is 32.2. The average Bonchev–Trinajstić information content (AvgIpc) is 2.64. The normalized spacial score (nSPS) is 11.2. The lowest BCUT2D eigenvalue weighted by molar-refractivity contribution is 0.598. The Balaban J connectivity index is 1.67. The van der Waals surface area contributed by atoms with E-state index in [9.17, 15) is 12.8 Å². The number of hydrogen-bond donors (Lipinski definition) is 2. The van der Waals surface area contributed by atoms with Gasteiger partial charge in [-0.1, -0.05) is 30.3 Å². The van der Waals surface area contributed by atoms with Gasteiger partial charge < -0.3 is 5.32 Å². The minimum absolute atomic E-state index is 0.00248. The number of sulfonamides is 1. The van der Waals surface area contributed by atoms with Crippen LogP contribution in [-0.4, -0.2) is 13.4 Å². The summed E-state index contributed by atoms with van der Waals surface area (Å²) in [5, 5.41) is 3.17. The molecule has 1 aromatic heterocycles. The number of benzene rings is 2. The van der Waals surface area contributed by atoms with Gasteiger partial charge in [0.2, 0.25) is 0 Å². The van der Waals surface area contributed by atoms with Gasteiger partial charge in [0.25, 0.3) is 10.0 Å². The van der Waals surface area contributed by atoms with Crippen molar-refractivity contribution in [1.29, 1.82) is 0 Å². The van der Waals surface area contributed by atoms with E-state index in [1.54, 1.807) is 12.1 Å². The molecule has 0 saturated carbocycles. The van der Waals surface area contributed by atoms with E-state index in [0.717, 1.165) is 11.6 Å². The lowest BCUT2D eigenvalue weighted by Crippen LogP contribution is -2.13. The third kappa shape index (κ3) is 4.37. The first kappa shape index (κ1) is 17.9. The monoisotopic (exact) mass is 371 g/mol. The van der Waals surface area contributed by atoms with Crippen molar-refractivity contribution in [3.05, 3.63) is 83.8 Å². The number of anilines is 2. The number of rotatable bonds is 6. The highest BCUT2D eigenvalue weighted by Crippen LogP contribution is 2.19. The Morgan fingerprint density at radius 3 is 2.46 bits per heavy atom. The zero-order valence-electron chi connectivity index (χ0n) is 14.1. The van der Waals surface area contributed by atoms with E-state index in [1.165, 1.54) is 25.3 Å². The third-order valence-corrected chi connectivity index (χ3v) is 5.15. The van der Waals surface area contributed by atoms with Gasteiger partial charge in [-0.15, -0.1) is 0 Å². The maximum absolute atomic E-state index is 13.3. The van der Waals surface area contributed by atoms with E-state index in [4.69, 9.17) is 0 Å². The number of pyridine rings is 1. The second kappa shape index (κ2) is 7.53. The van der Waals surface area contributed by atoms with Gasteiger partial charge in [0, 0.05) is 6.54 Å². The van der Waals surface area contributed by atoms with Crippen molar-refractivity contribution in [1.82, 2.24) is 4.98 Å². The Bertz CT molecular complexity index is 991. The van der Waals surface area contributed by atoms with Crippen LogP contribution in [0, 0.1) is 12.7 Å².